The first-order valence-electron chi connectivity index (χ1n) is 5.63. The highest BCUT2D eigenvalue weighted by atomic mass is 35.5. The topological polar surface area (TPSA) is 43.1 Å². The number of hydrogen-bond acceptors (Lipinski definition) is 2. The van der Waals surface area contributed by atoms with Crippen molar-refractivity contribution in [3.8, 4) is 0 Å². The van der Waals surface area contributed by atoms with E-state index in [1.54, 1.807) is 0 Å². The van der Waals surface area contributed by atoms with E-state index < -0.39 is 5.54 Å². The van der Waals surface area contributed by atoms with Gasteiger partial charge in [0.25, 0.3) is 0 Å². The number of rotatable bonds is 1. The molecule has 2 rings (SSSR count). The number of halogens is 1. The van der Waals surface area contributed by atoms with Crippen LogP contribution in [0, 0.1) is 6.92 Å². The van der Waals surface area contributed by atoms with E-state index >= 15 is 0 Å². The summed E-state index contributed by atoms with van der Waals surface area (Å²) in [4.78, 5) is 12.0. The molecule has 0 saturated heterocycles. The predicted molar refractivity (Wildman–Crippen MR) is 65.5 cm³/mol. The highest BCUT2D eigenvalue weighted by Gasteiger charge is 2.38. The molecule has 1 aromatic rings. The molecule has 86 valence electrons. The molecule has 3 heteroatoms. The molecule has 0 radical (unpaired) electrons. The van der Waals surface area contributed by atoms with Crippen LogP contribution in [0.3, 0.4) is 0 Å². The highest BCUT2D eigenvalue weighted by molar-refractivity contribution is 6.31. The van der Waals surface area contributed by atoms with Gasteiger partial charge < -0.3 is 5.73 Å². The Hall–Kier alpha value is -0.860. The summed E-state index contributed by atoms with van der Waals surface area (Å²) >= 11 is 6.19. The van der Waals surface area contributed by atoms with Crippen molar-refractivity contribution in [2.45, 2.75) is 38.1 Å². The summed E-state index contributed by atoms with van der Waals surface area (Å²) in [6.45, 7) is 1.97. The van der Waals surface area contributed by atoms with Gasteiger partial charge in [0.1, 0.15) is 5.54 Å². The molecule has 1 atom stereocenters. The molecular formula is C13H16ClNO. The molecule has 1 aromatic carbocycles. The van der Waals surface area contributed by atoms with Gasteiger partial charge in [0, 0.05) is 11.4 Å². The summed E-state index contributed by atoms with van der Waals surface area (Å²) in [6.07, 6.45) is 3.21. The fourth-order valence-corrected chi connectivity index (χ4v) is 2.72. The summed E-state index contributed by atoms with van der Waals surface area (Å²) in [6, 6.07) is 5.71. The van der Waals surface area contributed by atoms with Gasteiger partial charge in [0.15, 0.2) is 5.78 Å². The predicted octanol–water partition coefficient (Wildman–Crippen LogP) is 2.95. The smallest absolute Gasteiger partial charge is 0.157 e. The number of hydrogen-bond donors (Lipinski definition) is 1. The molecule has 0 bridgehead atoms. The van der Waals surface area contributed by atoms with Crippen molar-refractivity contribution < 1.29 is 4.79 Å². The summed E-state index contributed by atoms with van der Waals surface area (Å²) in [7, 11) is 0. The highest BCUT2D eigenvalue weighted by Crippen LogP contribution is 2.36. The van der Waals surface area contributed by atoms with Crippen LogP contribution in [0.25, 0.3) is 0 Å². The van der Waals surface area contributed by atoms with Crippen molar-refractivity contribution in [1.29, 1.82) is 0 Å². The van der Waals surface area contributed by atoms with Gasteiger partial charge in [-0.05, 0) is 37.0 Å². The summed E-state index contributed by atoms with van der Waals surface area (Å²) in [5, 5.41) is 0.609. The van der Waals surface area contributed by atoms with Crippen LogP contribution < -0.4 is 5.73 Å². The van der Waals surface area contributed by atoms with Gasteiger partial charge in [-0.25, -0.2) is 0 Å². The standard InChI is InChI=1S/C13H16ClNO/c1-9-5-6-10(11(14)8-9)13(15)7-3-2-4-12(13)16/h5-6,8H,2-4,7,15H2,1H3. The Labute approximate surface area is 101 Å². The third-order valence-electron chi connectivity index (χ3n) is 3.33. The molecule has 0 aliphatic heterocycles. The fraction of sp³-hybridized carbons (Fsp3) is 0.462. The van der Waals surface area contributed by atoms with Crippen LogP contribution >= 0.6 is 11.6 Å². The molecule has 1 saturated carbocycles. The first kappa shape index (κ1) is 11.6. The second-order valence-electron chi connectivity index (χ2n) is 4.58. The molecule has 0 spiro atoms. The first-order valence-corrected chi connectivity index (χ1v) is 6.00. The molecule has 1 unspecified atom stereocenters. The van der Waals surface area contributed by atoms with E-state index in [0.29, 0.717) is 17.9 Å². The van der Waals surface area contributed by atoms with Crippen LogP contribution in [0.5, 0.6) is 0 Å². The average molecular weight is 238 g/mol. The Balaban J connectivity index is 2.45. The summed E-state index contributed by atoms with van der Waals surface area (Å²) in [5.74, 6) is 0.115. The minimum absolute atomic E-state index is 0.115. The maximum atomic E-state index is 12.0. The van der Waals surface area contributed by atoms with E-state index in [2.05, 4.69) is 0 Å². The van der Waals surface area contributed by atoms with Crippen LogP contribution in [0.2, 0.25) is 5.02 Å². The number of Topliss-reactive ketones (excluding diaryl/α,β-unsaturated/α-hetero) is 1. The van der Waals surface area contributed by atoms with Gasteiger partial charge in [0.05, 0.1) is 0 Å². The number of carbonyl (C=O) groups excluding carboxylic acids is 1. The van der Waals surface area contributed by atoms with Crippen LogP contribution in [0.15, 0.2) is 18.2 Å². The van der Waals surface area contributed by atoms with Crippen molar-refractivity contribution in [3.05, 3.63) is 34.3 Å². The molecule has 0 aromatic heterocycles. The fourth-order valence-electron chi connectivity index (χ4n) is 2.32. The van der Waals surface area contributed by atoms with E-state index in [1.165, 1.54) is 0 Å². The second-order valence-corrected chi connectivity index (χ2v) is 4.99. The van der Waals surface area contributed by atoms with E-state index in [9.17, 15) is 4.79 Å². The number of aryl methyl sites for hydroxylation is 1. The van der Waals surface area contributed by atoms with Gasteiger partial charge in [-0.1, -0.05) is 30.2 Å². The van der Waals surface area contributed by atoms with E-state index in [4.69, 9.17) is 17.3 Å². The van der Waals surface area contributed by atoms with Crippen molar-refractivity contribution in [2.75, 3.05) is 0 Å². The van der Waals surface area contributed by atoms with Gasteiger partial charge in [0.2, 0.25) is 0 Å². The molecule has 0 heterocycles. The summed E-state index contributed by atoms with van der Waals surface area (Å²) < 4.78 is 0. The Kier molecular flexibility index (Phi) is 3.04. The van der Waals surface area contributed by atoms with Crippen LogP contribution in [-0.4, -0.2) is 5.78 Å². The van der Waals surface area contributed by atoms with Crippen molar-refractivity contribution >= 4 is 17.4 Å². The number of nitrogens with two attached hydrogens (primary N) is 1. The SMILES string of the molecule is Cc1ccc(C2(N)CCCCC2=O)c(Cl)c1. The zero-order valence-electron chi connectivity index (χ0n) is 9.42. The third-order valence-corrected chi connectivity index (χ3v) is 3.64. The molecular weight excluding hydrogens is 222 g/mol. The monoisotopic (exact) mass is 237 g/mol. The van der Waals surface area contributed by atoms with Gasteiger partial charge in [-0.2, -0.15) is 0 Å². The van der Waals surface area contributed by atoms with Crippen molar-refractivity contribution in [2.24, 2.45) is 5.73 Å². The Morgan fingerprint density at radius 3 is 2.75 bits per heavy atom. The molecule has 1 aliphatic carbocycles. The Bertz CT molecular complexity index is 430. The largest absolute Gasteiger partial charge is 0.315 e. The minimum atomic E-state index is -0.858. The zero-order chi connectivity index (χ0) is 11.8. The summed E-state index contributed by atoms with van der Waals surface area (Å²) in [5.41, 5.74) is 7.25. The lowest BCUT2D eigenvalue weighted by molar-refractivity contribution is -0.126. The second kappa shape index (κ2) is 4.19. The zero-order valence-corrected chi connectivity index (χ0v) is 10.2. The molecule has 2 nitrogen and oxygen atoms in total. The maximum Gasteiger partial charge on any atom is 0.157 e. The van der Waals surface area contributed by atoms with Crippen LogP contribution in [0.1, 0.15) is 36.8 Å². The van der Waals surface area contributed by atoms with Gasteiger partial charge in [-0.15, -0.1) is 0 Å². The average Bonchev–Trinajstić information content (AvgIpc) is 2.22. The lowest BCUT2D eigenvalue weighted by atomic mass is 9.76. The minimum Gasteiger partial charge on any atom is -0.315 e. The lowest BCUT2D eigenvalue weighted by Crippen LogP contribution is -2.47. The van der Waals surface area contributed by atoms with Crippen LogP contribution in [0.4, 0.5) is 0 Å². The molecule has 1 aliphatic rings. The third kappa shape index (κ3) is 1.87. The van der Waals surface area contributed by atoms with Crippen molar-refractivity contribution in [1.82, 2.24) is 0 Å². The van der Waals surface area contributed by atoms with Crippen LogP contribution in [-0.2, 0) is 10.3 Å². The first-order chi connectivity index (χ1) is 7.54. The molecule has 2 N–H and O–H groups in total. The molecule has 1 fully saturated rings. The Morgan fingerprint density at radius 1 is 1.38 bits per heavy atom. The van der Waals surface area contributed by atoms with Crippen molar-refractivity contribution in [3.63, 3.8) is 0 Å². The quantitative estimate of drug-likeness (QED) is 0.816. The lowest BCUT2D eigenvalue weighted by Gasteiger charge is -2.33. The van der Waals surface area contributed by atoms with E-state index in [-0.39, 0.29) is 5.78 Å². The molecule has 16 heavy (non-hydrogen) atoms. The van der Waals surface area contributed by atoms with Gasteiger partial charge >= 0.3 is 0 Å². The molecule has 0 amide bonds. The normalized spacial score (nSPS) is 25.8. The Morgan fingerprint density at radius 2 is 2.12 bits per heavy atom. The van der Waals surface area contributed by atoms with E-state index in [0.717, 1.165) is 24.0 Å². The number of carbonyl (C=O) groups is 1. The maximum absolute atomic E-state index is 12.0. The van der Waals surface area contributed by atoms with Gasteiger partial charge in [-0.3, -0.25) is 4.79 Å². The number of benzene rings is 1. The number of ketones is 1. The van der Waals surface area contributed by atoms with E-state index in [1.807, 2.05) is 25.1 Å².